The molecule has 104 valence electrons. The lowest BCUT2D eigenvalue weighted by atomic mass is 10.1. The lowest BCUT2D eigenvalue weighted by Gasteiger charge is -2.06. The smallest absolute Gasteiger partial charge is 0.162 e. The highest BCUT2D eigenvalue weighted by Crippen LogP contribution is 2.13. The van der Waals surface area contributed by atoms with Crippen LogP contribution in [0.1, 0.15) is 23.2 Å². The van der Waals surface area contributed by atoms with E-state index in [0.717, 1.165) is 30.0 Å². The van der Waals surface area contributed by atoms with Gasteiger partial charge in [-0.3, -0.25) is 4.79 Å². The van der Waals surface area contributed by atoms with Crippen LogP contribution in [0.4, 0.5) is 5.69 Å². The van der Waals surface area contributed by atoms with Gasteiger partial charge >= 0.3 is 0 Å². The van der Waals surface area contributed by atoms with Crippen LogP contribution in [0.5, 0.6) is 5.75 Å². The number of rotatable bonds is 7. The Bertz CT molecular complexity index is 535. The van der Waals surface area contributed by atoms with Crippen LogP contribution in [0.15, 0.2) is 54.6 Å². The molecule has 0 heterocycles. The number of ether oxygens (including phenoxy) is 1. The minimum Gasteiger partial charge on any atom is -0.497 e. The molecule has 2 aromatic rings. The van der Waals surface area contributed by atoms with Crippen LogP contribution in [0, 0.1) is 0 Å². The lowest BCUT2D eigenvalue weighted by Crippen LogP contribution is -2.05. The number of carbonyl (C=O) groups is 1. The van der Waals surface area contributed by atoms with Gasteiger partial charge in [0, 0.05) is 24.2 Å². The van der Waals surface area contributed by atoms with Crippen molar-refractivity contribution in [2.24, 2.45) is 0 Å². The van der Waals surface area contributed by atoms with E-state index >= 15 is 0 Å². The number of Topliss-reactive ketones (excluding diaryl/α,β-unsaturated/α-hetero) is 1. The predicted molar refractivity (Wildman–Crippen MR) is 81.5 cm³/mol. The maximum atomic E-state index is 12.0. The molecule has 2 aromatic carbocycles. The summed E-state index contributed by atoms with van der Waals surface area (Å²) in [4.78, 5) is 12.0. The van der Waals surface area contributed by atoms with Crippen molar-refractivity contribution in [1.82, 2.24) is 0 Å². The minimum atomic E-state index is 0.169. The van der Waals surface area contributed by atoms with Crippen LogP contribution < -0.4 is 10.1 Å². The zero-order chi connectivity index (χ0) is 14.2. The highest BCUT2D eigenvalue weighted by atomic mass is 16.5. The standard InChI is InChI=1S/C17H19NO2/c1-20-16-11-9-14(10-12-16)17(19)8-5-13-18-15-6-3-2-4-7-15/h2-4,6-7,9-12,18H,5,8,13H2,1H3. The Balaban J connectivity index is 1.74. The number of ketones is 1. The molecule has 0 bridgehead atoms. The average Bonchev–Trinajstić information content (AvgIpc) is 2.52. The summed E-state index contributed by atoms with van der Waals surface area (Å²) in [5, 5.41) is 3.30. The molecule has 0 fully saturated rings. The van der Waals surface area contributed by atoms with E-state index in [1.807, 2.05) is 54.6 Å². The second kappa shape index (κ2) is 7.34. The molecular weight excluding hydrogens is 250 g/mol. The summed E-state index contributed by atoms with van der Waals surface area (Å²) in [6.45, 7) is 0.798. The Hall–Kier alpha value is -2.29. The number of methoxy groups -OCH3 is 1. The molecule has 1 N–H and O–H groups in total. The Morgan fingerprint density at radius 3 is 2.40 bits per heavy atom. The first-order chi connectivity index (χ1) is 9.79. The zero-order valence-electron chi connectivity index (χ0n) is 11.6. The lowest BCUT2D eigenvalue weighted by molar-refractivity contribution is 0.0981. The van der Waals surface area contributed by atoms with Crippen LogP contribution in [0.3, 0.4) is 0 Å². The van der Waals surface area contributed by atoms with Gasteiger partial charge in [0.15, 0.2) is 5.78 Å². The van der Waals surface area contributed by atoms with Gasteiger partial charge < -0.3 is 10.1 Å². The molecule has 0 atom stereocenters. The SMILES string of the molecule is COc1ccc(C(=O)CCCNc2ccccc2)cc1. The third-order valence-corrected chi connectivity index (χ3v) is 3.10. The van der Waals surface area contributed by atoms with Gasteiger partial charge in [-0.25, -0.2) is 0 Å². The minimum absolute atomic E-state index is 0.169. The van der Waals surface area contributed by atoms with Crippen molar-refractivity contribution < 1.29 is 9.53 Å². The predicted octanol–water partition coefficient (Wildman–Crippen LogP) is 3.77. The molecular formula is C17H19NO2. The fraction of sp³-hybridized carbons (Fsp3) is 0.235. The van der Waals surface area contributed by atoms with Gasteiger partial charge in [-0.05, 0) is 42.8 Å². The van der Waals surface area contributed by atoms with Crippen molar-refractivity contribution in [3.63, 3.8) is 0 Å². The highest BCUT2D eigenvalue weighted by molar-refractivity contribution is 5.96. The molecule has 3 nitrogen and oxygen atoms in total. The summed E-state index contributed by atoms with van der Waals surface area (Å²) in [6.07, 6.45) is 1.37. The van der Waals surface area contributed by atoms with Gasteiger partial charge in [-0.1, -0.05) is 18.2 Å². The number of nitrogens with one attached hydrogen (secondary N) is 1. The number of hydrogen-bond donors (Lipinski definition) is 1. The van der Waals surface area contributed by atoms with E-state index in [1.54, 1.807) is 7.11 Å². The van der Waals surface area contributed by atoms with E-state index in [4.69, 9.17) is 4.74 Å². The van der Waals surface area contributed by atoms with Gasteiger partial charge in [-0.15, -0.1) is 0 Å². The molecule has 0 radical (unpaired) electrons. The molecule has 0 unspecified atom stereocenters. The van der Waals surface area contributed by atoms with Crippen molar-refractivity contribution in [3.05, 3.63) is 60.2 Å². The van der Waals surface area contributed by atoms with Crippen LogP contribution >= 0.6 is 0 Å². The van der Waals surface area contributed by atoms with Crippen LogP contribution in [-0.4, -0.2) is 19.4 Å². The number of carbonyl (C=O) groups excluding carboxylic acids is 1. The van der Waals surface area contributed by atoms with Crippen molar-refractivity contribution in [2.75, 3.05) is 19.0 Å². The first-order valence-corrected chi connectivity index (χ1v) is 6.76. The van der Waals surface area contributed by atoms with E-state index in [9.17, 15) is 4.79 Å². The number of anilines is 1. The maximum Gasteiger partial charge on any atom is 0.162 e. The molecule has 0 aliphatic carbocycles. The molecule has 0 saturated heterocycles. The third kappa shape index (κ3) is 4.12. The van der Waals surface area contributed by atoms with Crippen LogP contribution in [0.2, 0.25) is 0 Å². The van der Waals surface area contributed by atoms with E-state index in [2.05, 4.69) is 5.32 Å². The monoisotopic (exact) mass is 269 g/mol. The first-order valence-electron chi connectivity index (χ1n) is 6.76. The molecule has 20 heavy (non-hydrogen) atoms. The summed E-state index contributed by atoms with van der Waals surface area (Å²) in [5.41, 5.74) is 1.83. The summed E-state index contributed by atoms with van der Waals surface area (Å²) in [6, 6.07) is 17.3. The molecule has 2 rings (SSSR count). The number of hydrogen-bond acceptors (Lipinski definition) is 3. The van der Waals surface area contributed by atoms with Crippen molar-refractivity contribution in [2.45, 2.75) is 12.8 Å². The number of para-hydroxylation sites is 1. The first kappa shape index (κ1) is 14.1. The Labute approximate surface area is 119 Å². The molecule has 3 heteroatoms. The molecule has 0 aliphatic heterocycles. The zero-order valence-corrected chi connectivity index (χ0v) is 11.6. The maximum absolute atomic E-state index is 12.0. The van der Waals surface area contributed by atoms with Gasteiger partial charge in [-0.2, -0.15) is 0 Å². The summed E-state index contributed by atoms with van der Waals surface area (Å²) in [5.74, 6) is 0.940. The molecule has 0 saturated carbocycles. The van der Waals surface area contributed by atoms with E-state index in [1.165, 1.54) is 0 Å². The Morgan fingerprint density at radius 2 is 1.75 bits per heavy atom. The molecule has 0 amide bonds. The second-order valence-electron chi connectivity index (χ2n) is 4.55. The van der Waals surface area contributed by atoms with E-state index < -0.39 is 0 Å². The summed E-state index contributed by atoms with van der Waals surface area (Å²) >= 11 is 0. The topological polar surface area (TPSA) is 38.3 Å². The summed E-state index contributed by atoms with van der Waals surface area (Å²) in [7, 11) is 1.62. The van der Waals surface area contributed by atoms with Gasteiger partial charge in [0.25, 0.3) is 0 Å². The molecule has 0 aromatic heterocycles. The number of benzene rings is 2. The van der Waals surface area contributed by atoms with Gasteiger partial charge in [0.2, 0.25) is 0 Å². The fourth-order valence-corrected chi connectivity index (χ4v) is 1.96. The Morgan fingerprint density at radius 1 is 1.05 bits per heavy atom. The second-order valence-corrected chi connectivity index (χ2v) is 4.55. The fourth-order valence-electron chi connectivity index (χ4n) is 1.96. The molecule has 0 aliphatic rings. The van der Waals surface area contributed by atoms with E-state index in [-0.39, 0.29) is 5.78 Å². The largest absolute Gasteiger partial charge is 0.497 e. The van der Waals surface area contributed by atoms with Crippen LogP contribution in [-0.2, 0) is 0 Å². The normalized spacial score (nSPS) is 10.1. The van der Waals surface area contributed by atoms with Crippen molar-refractivity contribution in [1.29, 1.82) is 0 Å². The highest BCUT2D eigenvalue weighted by Gasteiger charge is 2.05. The van der Waals surface area contributed by atoms with E-state index in [0.29, 0.717) is 6.42 Å². The van der Waals surface area contributed by atoms with Crippen molar-refractivity contribution in [3.8, 4) is 5.75 Å². The van der Waals surface area contributed by atoms with Gasteiger partial charge in [0.05, 0.1) is 7.11 Å². The van der Waals surface area contributed by atoms with Crippen molar-refractivity contribution >= 4 is 11.5 Å². The average molecular weight is 269 g/mol. The van der Waals surface area contributed by atoms with Gasteiger partial charge in [0.1, 0.15) is 5.75 Å². The molecule has 0 spiro atoms. The Kier molecular flexibility index (Phi) is 5.18. The third-order valence-electron chi connectivity index (χ3n) is 3.10. The van der Waals surface area contributed by atoms with Crippen LogP contribution in [0.25, 0.3) is 0 Å². The summed E-state index contributed by atoms with van der Waals surface area (Å²) < 4.78 is 5.08. The quantitative estimate of drug-likeness (QED) is 0.614.